The molecule has 0 bridgehead atoms. The largest absolute Gasteiger partial charge is 0.389 e. The van der Waals surface area contributed by atoms with Crippen LogP contribution in [0.15, 0.2) is 30.5 Å². The lowest BCUT2D eigenvalue weighted by Gasteiger charge is -2.09. The first kappa shape index (κ1) is 15.1. The number of pyridine rings is 1. The van der Waals surface area contributed by atoms with E-state index in [1.165, 1.54) is 0 Å². The number of benzene rings is 1. The normalized spacial score (nSPS) is 11.3. The van der Waals surface area contributed by atoms with E-state index in [0.29, 0.717) is 18.7 Å². The molecule has 2 rings (SSSR count). The average Bonchev–Trinajstić information content (AvgIpc) is 2.44. The average molecular weight is 293 g/mol. The summed E-state index contributed by atoms with van der Waals surface area (Å²) in [4.78, 5) is 3.98. The Morgan fingerprint density at radius 2 is 2.00 bits per heavy atom. The Labute approximate surface area is 120 Å². The van der Waals surface area contributed by atoms with Crippen molar-refractivity contribution in [2.24, 2.45) is 0 Å². The summed E-state index contributed by atoms with van der Waals surface area (Å²) in [7, 11) is 0. The lowest BCUT2D eigenvalue weighted by molar-refractivity contribution is -0.135. The molecule has 0 amide bonds. The van der Waals surface area contributed by atoms with Crippen LogP contribution in [0.1, 0.15) is 25.0 Å². The topological polar surface area (TPSA) is 48.7 Å². The number of nitrogens with zero attached hydrogens (tertiary/aromatic N) is 2. The molecule has 1 heterocycles. The molecule has 1 N–H and O–H groups in total. The van der Waals surface area contributed by atoms with Crippen LogP contribution >= 0.6 is 0 Å². The van der Waals surface area contributed by atoms with E-state index in [4.69, 9.17) is 5.26 Å². The number of alkyl halides is 3. The number of rotatable bonds is 5. The number of anilines is 1. The molecule has 1 aromatic heterocycles. The highest BCUT2D eigenvalue weighted by Gasteiger charge is 2.25. The zero-order valence-corrected chi connectivity index (χ0v) is 11.2. The van der Waals surface area contributed by atoms with Gasteiger partial charge >= 0.3 is 6.18 Å². The number of nitriles is 1. The van der Waals surface area contributed by atoms with Crippen LogP contribution in [0.3, 0.4) is 0 Å². The van der Waals surface area contributed by atoms with Gasteiger partial charge in [0.05, 0.1) is 0 Å². The third kappa shape index (κ3) is 4.35. The summed E-state index contributed by atoms with van der Waals surface area (Å²) in [5.41, 5.74) is 1.19. The van der Waals surface area contributed by atoms with Gasteiger partial charge < -0.3 is 5.32 Å². The van der Waals surface area contributed by atoms with Crippen molar-refractivity contribution in [1.82, 2.24) is 4.98 Å². The van der Waals surface area contributed by atoms with Crippen molar-refractivity contribution in [3.05, 3.63) is 36.2 Å². The van der Waals surface area contributed by atoms with Crippen molar-refractivity contribution >= 4 is 16.5 Å². The summed E-state index contributed by atoms with van der Waals surface area (Å²) in [6, 6.07) is 9.28. The summed E-state index contributed by atoms with van der Waals surface area (Å²) in [5, 5.41) is 13.7. The van der Waals surface area contributed by atoms with Crippen molar-refractivity contribution < 1.29 is 13.2 Å². The molecule has 0 aliphatic carbocycles. The van der Waals surface area contributed by atoms with Gasteiger partial charge in [0.15, 0.2) is 0 Å². The zero-order chi connectivity index (χ0) is 15.3. The predicted octanol–water partition coefficient (Wildman–Crippen LogP) is 4.25. The molecule has 0 spiro atoms. The lowest BCUT2D eigenvalue weighted by Crippen LogP contribution is -2.08. The van der Waals surface area contributed by atoms with Crippen molar-refractivity contribution in [2.75, 3.05) is 11.9 Å². The van der Waals surface area contributed by atoms with Crippen LogP contribution in [0, 0.1) is 11.3 Å². The van der Waals surface area contributed by atoms with Gasteiger partial charge in [-0.15, -0.1) is 0 Å². The first-order valence-electron chi connectivity index (χ1n) is 6.59. The number of aromatic nitrogens is 1. The molecule has 0 saturated carbocycles. The van der Waals surface area contributed by atoms with E-state index in [1.54, 1.807) is 24.4 Å². The first-order valence-corrected chi connectivity index (χ1v) is 6.59. The Bertz CT molecular complexity index is 659. The van der Waals surface area contributed by atoms with E-state index in [-0.39, 0.29) is 6.42 Å². The number of unbranched alkanes of at least 4 members (excludes halogenated alkanes) is 1. The van der Waals surface area contributed by atoms with Crippen LogP contribution in [0.2, 0.25) is 0 Å². The molecule has 110 valence electrons. The van der Waals surface area contributed by atoms with E-state index in [0.717, 1.165) is 16.5 Å². The van der Waals surface area contributed by atoms with Crippen LogP contribution < -0.4 is 5.32 Å². The third-order valence-corrected chi connectivity index (χ3v) is 3.09. The number of nitrogens with one attached hydrogen (secondary N) is 1. The molecule has 0 radical (unpaired) electrons. The second-order valence-electron chi connectivity index (χ2n) is 4.71. The number of halogens is 3. The van der Waals surface area contributed by atoms with Crippen LogP contribution in [0.5, 0.6) is 0 Å². The number of hydrogen-bond donors (Lipinski definition) is 1. The monoisotopic (exact) mass is 293 g/mol. The highest BCUT2D eigenvalue weighted by atomic mass is 19.4. The summed E-state index contributed by atoms with van der Waals surface area (Å²) < 4.78 is 36.0. The molecular weight excluding hydrogens is 279 g/mol. The SMILES string of the molecule is N#Cc1nccc2cc(NCCCCC(F)(F)F)ccc12. The molecule has 2 aromatic rings. The van der Waals surface area contributed by atoms with Crippen LogP contribution in [0.25, 0.3) is 10.8 Å². The lowest BCUT2D eigenvalue weighted by atomic mass is 10.1. The zero-order valence-electron chi connectivity index (χ0n) is 11.2. The van der Waals surface area contributed by atoms with Crippen LogP contribution in [-0.2, 0) is 0 Å². The van der Waals surface area contributed by atoms with Gasteiger partial charge in [0.25, 0.3) is 0 Å². The highest BCUT2D eigenvalue weighted by molar-refractivity contribution is 5.88. The van der Waals surface area contributed by atoms with Gasteiger partial charge in [0.2, 0.25) is 0 Å². The minimum Gasteiger partial charge on any atom is -0.385 e. The van der Waals surface area contributed by atoms with E-state index in [1.807, 2.05) is 12.1 Å². The summed E-state index contributed by atoms with van der Waals surface area (Å²) >= 11 is 0. The van der Waals surface area contributed by atoms with E-state index < -0.39 is 12.6 Å². The Morgan fingerprint density at radius 3 is 2.71 bits per heavy atom. The highest BCUT2D eigenvalue weighted by Crippen LogP contribution is 2.23. The van der Waals surface area contributed by atoms with E-state index in [2.05, 4.69) is 10.3 Å². The summed E-state index contributed by atoms with van der Waals surface area (Å²) in [6.07, 6.45) is -2.69. The molecule has 1 aromatic carbocycles. The quantitative estimate of drug-likeness (QED) is 0.838. The first-order chi connectivity index (χ1) is 9.99. The van der Waals surface area contributed by atoms with Gasteiger partial charge in [-0.2, -0.15) is 18.4 Å². The smallest absolute Gasteiger partial charge is 0.385 e. The molecule has 6 heteroatoms. The standard InChI is InChI=1S/C15H14F3N3/c16-15(17,18)6-1-2-7-20-12-3-4-13-11(9-12)5-8-21-14(13)10-19/h3-5,8-9,20H,1-2,6-7H2. The van der Waals surface area contributed by atoms with Crippen LogP contribution in [-0.4, -0.2) is 17.7 Å². The van der Waals surface area contributed by atoms with Gasteiger partial charge in [0.1, 0.15) is 11.8 Å². The molecule has 3 nitrogen and oxygen atoms in total. The van der Waals surface area contributed by atoms with Gasteiger partial charge in [-0.3, -0.25) is 0 Å². The Hall–Kier alpha value is -2.29. The van der Waals surface area contributed by atoms with Gasteiger partial charge in [-0.05, 0) is 42.5 Å². The van der Waals surface area contributed by atoms with Crippen molar-refractivity contribution in [3.8, 4) is 6.07 Å². The van der Waals surface area contributed by atoms with Crippen LogP contribution in [0.4, 0.5) is 18.9 Å². The van der Waals surface area contributed by atoms with Gasteiger partial charge in [-0.1, -0.05) is 0 Å². The minimum atomic E-state index is -4.08. The summed E-state index contributed by atoms with van der Waals surface area (Å²) in [5.74, 6) is 0. The minimum absolute atomic E-state index is 0.118. The predicted molar refractivity (Wildman–Crippen MR) is 74.9 cm³/mol. The molecule has 0 atom stereocenters. The molecular formula is C15H14F3N3. The molecule has 0 unspecified atom stereocenters. The third-order valence-electron chi connectivity index (χ3n) is 3.09. The Balaban J connectivity index is 1.93. The number of fused-ring (bicyclic) bond motifs is 1. The molecule has 21 heavy (non-hydrogen) atoms. The second kappa shape index (κ2) is 6.44. The van der Waals surface area contributed by atoms with Crippen molar-refractivity contribution in [2.45, 2.75) is 25.4 Å². The molecule has 0 saturated heterocycles. The Morgan fingerprint density at radius 1 is 1.19 bits per heavy atom. The number of hydrogen-bond acceptors (Lipinski definition) is 3. The molecule has 0 fully saturated rings. The Kier molecular flexibility index (Phi) is 4.63. The van der Waals surface area contributed by atoms with Gasteiger partial charge in [0, 0.05) is 30.2 Å². The van der Waals surface area contributed by atoms with E-state index >= 15 is 0 Å². The maximum Gasteiger partial charge on any atom is 0.389 e. The van der Waals surface area contributed by atoms with E-state index in [9.17, 15) is 13.2 Å². The van der Waals surface area contributed by atoms with Crippen molar-refractivity contribution in [1.29, 1.82) is 5.26 Å². The van der Waals surface area contributed by atoms with Crippen molar-refractivity contribution in [3.63, 3.8) is 0 Å². The molecule has 0 aliphatic rings. The fourth-order valence-corrected chi connectivity index (χ4v) is 2.06. The fourth-order valence-electron chi connectivity index (χ4n) is 2.06. The summed E-state index contributed by atoms with van der Waals surface area (Å²) in [6.45, 7) is 0.484. The second-order valence-corrected chi connectivity index (χ2v) is 4.71. The fraction of sp³-hybridized carbons (Fsp3) is 0.333. The molecule has 0 aliphatic heterocycles. The van der Waals surface area contributed by atoms with Gasteiger partial charge in [-0.25, -0.2) is 4.98 Å². The maximum absolute atomic E-state index is 12.0. The maximum atomic E-state index is 12.0.